The number of thioether (sulfide) groups is 1. The van der Waals surface area contributed by atoms with Crippen molar-refractivity contribution >= 4 is 33.3 Å². The standard InChI is InChI=1S/C19H20N2OS2/c1-12-3-8-15-16(9-12)24-18-17(15)19(22)21(11-20-18)10-13-4-6-14(23-2)7-5-13/h4-7,11-12H,3,8-10H2,1-2H3/t12-/m0/s1. The Labute approximate surface area is 149 Å². The maximum absolute atomic E-state index is 13.0. The van der Waals surface area contributed by atoms with Crippen LogP contribution in [-0.2, 0) is 19.4 Å². The summed E-state index contributed by atoms with van der Waals surface area (Å²) in [6.45, 7) is 2.87. The van der Waals surface area contributed by atoms with E-state index in [4.69, 9.17) is 0 Å². The molecule has 0 saturated heterocycles. The number of rotatable bonds is 3. The van der Waals surface area contributed by atoms with Gasteiger partial charge in [-0.15, -0.1) is 23.1 Å². The molecule has 3 aromatic rings. The summed E-state index contributed by atoms with van der Waals surface area (Å²) in [5.41, 5.74) is 2.51. The van der Waals surface area contributed by atoms with E-state index >= 15 is 0 Å². The van der Waals surface area contributed by atoms with Crippen LogP contribution in [0.25, 0.3) is 10.2 Å². The molecule has 0 bridgehead atoms. The van der Waals surface area contributed by atoms with Gasteiger partial charge in [0, 0.05) is 9.77 Å². The van der Waals surface area contributed by atoms with Crippen molar-refractivity contribution in [3.63, 3.8) is 0 Å². The molecule has 124 valence electrons. The fourth-order valence-electron chi connectivity index (χ4n) is 3.41. The van der Waals surface area contributed by atoms with Crippen molar-refractivity contribution in [2.75, 3.05) is 6.26 Å². The van der Waals surface area contributed by atoms with Gasteiger partial charge in [0.05, 0.1) is 18.3 Å². The van der Waals surface area contributed by atoms with Crippen molar-refractivity contribution in [2.45, 2.75) is 37.6 Å². The molecule has 0 N–H and O–H groups in total. The highest BCUT2D eigenvalue weighted by atomic mass is 32.2. The molecule has 0 fully saturated rings. The highest BCUT2D eigenvalue weighted by molar-refractivity contribution is 7.98. The van der Waals surface area contributed by atoms with E-state index in [1.165, 1.54) is 21.8 Å². The smallest absolute Gasteiger partial charge is 0.262 e. The Bertz CT molecular complexity index is 940. The maximum atomic E-state index is 13.0. The SMILES string of the molecule is CSc1ccc(Cn2cnc3sc4c(c3c2=O)CC[C@H](C)C4)cc1. The van der Waals surface area contributed by atoms with Crippen molar-refractivity contribution in [3.8, 4) is 0 Å². The second kappa shape index (κ2) is 6.37. The van der Waals surface area contributed by atoms with Crippen LogP contribution in [0.3, 0.4) is 0 Å². The van der Waals surface area contributed by atoms with E-state index in [1.807, 2.05) is 0 Å². The lowest BCUT2D eigenvalue weighted by Gasteiger charge is -2.17. The largest absolute Gasteiger partial charge is 0.294 e. The fraction of sp³-hybridized carbons (Fsp3) is 0.368. The lowest BCUT2D eigenvalue weighted by atomic mass is 9.89. The average Bonchev–Trinajstić information content (AvgIpc) is 2.96. The van der Waals surface area contributed by atoms with Crippen molar-refractivity contribution in [1.29, 1.82) is 0 Å². The molecule has 5 heteroatoms. The van der Waals surface area contributed by atoms with E-state index in [2.05, 4.69) is 42.4 Å². The molecule has 1 atom stereocenters. The molecule has 2 heterocycles. The van der Waals surface area contributed by atoms with Crippen molar-refractivity contribution in [2.24, 2.45) is 5.92 Å². The van der Waals surface area contributed by atoms with Crippen LogP contribution in [0, 0.1) is 5.92 Å². The van der Waals surface area contributed by atoms with Gasteiger partial charge in [-0.3, -0.25) is 9.36 Å². The molecule has 3 nitrogen and oxygen atoms in total. The average molecular weight is 357 g/mol. The monoisotopic (exact) mass is 356 g/mol. The molecule has 24 heavy (non-hydrogen) atoms. The Kier molecular flexibility index (Phi) is 4.22. The summed E-state index contributed by atoms with van der Waals surface area (Å²) in [5, 5.41) is 0.866. The second-order valence-electron chi connectivity index (χ2n) is 6.56. The maximum Gasteiger partial charge on any atom is 0.262 e. The molecule has 2 aromatic heterocycles. The van der Waals surface area contributed by atoms with E-state index in [-0.39, 0.29) is 5.56 Å². The van der Waals surface area contributed by atoms with Crippen LogP contribution in [0.1, 0.15) is 29.3 Å². The first-order chi connectivity index (χ1) is 11.7. The predicted octanol–water partition coefficient (Wildman–Crippen LogP) is 4.35. The molecule has 0 aliphatic heterocycles. The predicted molar refractivity (Wildman–Crippen MR) is 102 cm³/mol. The molecule has 0 amide bonds. The van der Waals surface area contributed by atoms with Gasteiger partial charge in [-0.1, -0.05) is 19.1 Å². The van der Waals surface area contributed by atoms with Crippen molar-refractivity contribution in [3.05, 3.63) is 57.0 Å². The van der Waals surface area contributed by atoms with Gasteiger partial charge in [-0.25, -0.2) is 4.98 Å². The van der Waals surface area contributed by atoms with E-state index in [0.717, 1.165) is 28.6 Å². The number of benzene rings is 1. The molecular formula is C19H20N2OS2. The third-order valence-electron chi connectivity index (χ3n) is 4.79. The normalized spacial score (nSPS) is 17.2. The van der Waals surface area contributed by atoms with Crippen LogP contribution in [0.5, 0.6) is 0 Å². The van der Waals surface area contributed by atoms with Gasteiger partial charge in [0.2, 0.25) is 0 Å². The van der Waals surface area contributed by atoms with Crippen LogP contribution in [-0.4, -0.2) is 15.8 Å². The van der Waals surface area contributed by atoms with Crippen molar-refractivity contribution < 1.29 is 0 Å². The number of aromatic nitrogens is 2. The van der Waals surface area contributed by atoms with E-state index in [9.17, 15) is 4.79 Å². The number of nitrogens with zero attached hydrogens (tertiary/aromatic N) is 2. The van der Waals surface area contributed by atoms with Crippen LogP contribution >= 0.6 is 23.1 Å². The molecule has 0 radical (unpaired) electrons. The number of aryl methyl sites for hydroxylation is 1. The van der Waals surface area contributed by atoms with Crippen LogP contribution in [0.2, 0.25) is 0 Å². The molecule has 4 rings (SSSR count). The lowest BCUT2D eigenvalue weighted by molar-refractivity contribution is 0.509. The first-order valence-corrected chi connectivity index (χ1v) is 10.3. The summed E-state index contributed by atoms with van der Waals surface area (Å²) >= 11 is 3.44. The van der Waals surface area contributed by atoms with Gasteiger partial charge < -0.3 is 0 Å². The summed E-state index contributed by atoms with van der Waals surface area (Å²) in [6.07, 6.45) is 7.05. The Morgan fingerprint density at radius 1 is 1.33 bits per heavy atom. The van der Waals surface area contributed by atoms with Gasteiger partial charge in [-0.2, -0.15) is 0 Å². The highest BCUT2D eigenvalue weighted by Crippen LogP contribution is 2.35. The number of thiophene rings is 1. The molecule has 1 aliphatic carbocycles. The first-order valence-electron chi connectivity index (χ1n) is 8.28. The zero-order valence-corrected chi connectivity index (χ0v) is 15.5. The molecule has 0 spiro atoms. The van der Waals surface area contributed by atoms with Gasteiger partial charge >= 0.3 is 0 Å². The Morgan fingerprint density at radius 2 is 2.12 bits per heavy atom. The van der Waals surface area contributed by atoms with Crippen LogP contribution in [0.15, 0.2) is 40.3 Å². The summed E-state index contributed by atoms with van der Waals surface area (Å²) in [7, 11) is 0. The van der Waals surface area contributed by atoms with E-state index in [0.29, 0.717) is 12.5 Å². The zero-order valence-electron chi connectivity index (χ0n) is 13.9. The Morgan fingerprint density at radius 3 is 2.88 bits per heavy atom. The summed E-state index contributed by atoms with van der Waals surface area (Å²) in [6, 6.07) is 8.39. The van der Waals surface area contributed by atoms with Crippen LogP contribution < -0.4 is 5.56 Å². The molecule has 0 saturated carbocycles. The number of hydrogen-bond acceptors (Lipinski definition) is 4. The Balaban J connectivity index is 1.74. The van der Waals surface area contributed by atoms with Gasteiger partial charge in [0.15, 0.2) is 0 Å². The minimum absolute atomic E-state index is 0.112. The molecule has 0 unspecified atom stereocenters. The van der Waals surface area contributed by atoms with E-state index < -0.39 is 0 Å². The topological polar surface area (TPSA) is 34.9 Å². The van der Waals surface area contributed by atoms with Gasteiger partial charge in [0.25, 0.3) is 5.56 Å². The number of hydrogen-bond donors (Lipinski definition) is 0. The fourth-order valence-corrected chi connectivity index (χ4v) is 5.16. The molecule has 1 aromatic carbocycles. The van der Waals surface area contributed by atoms with E-state index in [1.54, 1.807) is 34.0 Å². The zero-order chi connectivity index (χ0) is 16.7. The van der Waals surface area contributed by atoms with Gasteiger partial charge in [-0.05, 0) is 54.7 Å². The minimum Gasteiger partial charge on any atom is -0.294 e. The molecule has 1 aliphatic rings. The van der Waals surface area contributed by atoms with Crippen LogP contribution in [0.4, 0.5) is 0 Å². The molecular weight excluding hydrogens is 336 g/mol. The van der Waals surface area contributed by atoms with Gasteiger partial charge in [0.1, 0.15) is 4.83 Å². The third-order valence-corrected chi connectivity index (χ3v) is 6.70. The third kappa shape index (κ3) is 2.80. The first kappa shape index (κ1) is 15.9. The quantitative estimate of drug-likeness (QED) is 0.654. The summed E-state index contributed by atoms with van der Waals surface area (Å²) in [5.74, 6) is 0.711. The second-order valence-corrected chi connectivity index (χ2v) is 8.52. The minimum atomic E-state index is 0.112. The summed E-state index contributed by atoms with van der Waals surface area (Å²) < 4.78 is 1.75. The highest BCUT2D eigenvalue weighted by Gasteiger charge is 2.23. The van der Waals surface area contributed by atoms with Crippen molar-refractivity contribution in [1.82, 2.24) is 9.55 Å². The lowest BCUT2D eigenvalue weighted by Crippen LogP contribution is -2.22. The number of fused-ring (bicyclic) bond motifs is 3. The Hall–Kier alpha value is -1.59. The summed E-state index contributed by atoms with van der Waals surface area (Å²) in [4.78, 5) is 21.1.